The molecular formula is C34H37N11O. The van der Waals surface area contributed by atoms with E-state index in [1.165, 1.54) is 0 Å². The summed E-state index contributed by atoms with van der Waals surface area (Å²) in [5.41, 5.74) is 13.8. The number of pyridine rings is 1. The number of carbonyl (C=O) groups excluding carboxylic acids is 1. The van der Waals surface area contributed by atoms with Crippen LogP contribution in [0.4, 0.5) is 11.8 Å². The van der Waals surface area contributed by atoms with Gasteiger partial charge in [-0.1, -0.05) is 36.4 Å². The van der Waals surface area contributed by atoms with Gasteiger partial charge in [0.15, 0.2) is 5.65 Å². The van der Waals surface area contributed by atoms with E-state index >= 15 is 0 Å². The summed E-state index contributed by atoms with van der Waals surface area (Å²) in [7, 11) is 0. The number of piperazine rings is 1. The Balaban J connectivity index is 1.01. The van der Waals surface area contributed by atoms with E-state index in [2.05, 4.69) is 48.5 Å². The number of fused-ring (bicyclic) bond motifs is 3. The Morgan fingerprint density at radius 2 is 1.65 bits per heavy atom. The molecule has 4 aromatic heterocycles. The number of amides is 1. The molecule has 3 atom stereocenters. The fraction of sp³-hybridized carbons (Fsp3) is 0.412. The topological polar surface area (TPSA) is 146 Å². The molecule has 0 spiro atoms. The van der Waals surface area contributed by atoms with Gasteiger partial charge in [0, 0.05) is 72.6 Å². The van der Waals surface area contributed by atoms with E-state index in [0.717, 1.165) is 104 Å². The van der Waals surface area contributed by atoms with Crippen LogP contribution in [0.2, 0.25) is 0 Å². The Morgan fingerprint density at radius 3 is 2.37 bits per heavy atom. The molecule has 1 saturated carbocycles. The number of nitrogens with two attached hydrogens (primary N) is 1. The van der Waals surface area contributed by atoms with Crippen molar-refractivity contribution in [2.75, 3.05) is 36.8 Å². The number of H-pyrrole nitrogens is 1. The lowest BCUT2D eigenvalue weighted by molar-refractivity contribution is 0.0557. The van der Waals surface area contributed by atoms with Crippen LogP contribution in [0.3, 0.4) is 0 Å². The Hall–Kier alpha value is -4.84. The minimum atomic E-state index is -0.0466. The number of anilines is 2. The fourth-order valence-corrected chi connectivity index (χ4v) is 7.89. The molecule has 1 unspecified atom stereocenters. The van der Waals surface area contributed by atoms with Crippen molar-refractivity contribution in [3.05, 3.63) is 71.9 Å². The van der Waals surface area contributed by atoms with Gasteiger partial charge in [-0.3, -0.25) is 14.9 Å². The van der Waals surface area contributed by atoms with E-state index in [9.17, 15) is 4.79 Å². The van der Waals surface area contributed by atoms with Crippen molar-refractivity contribution in [2.24, 2.45) is 0 Å². The van der Waals surface area contributed by atoms with Crippen LogP contribution in [0.25, 0.3) is 28.0 Å². The van der Waals surface area contributed by atoms with Gasteiger partial charge in [-0.2, -0.15) is 14.6 Å². The maximum absolute atomic E-state index is 13.8. The van der Waals surface area contributed by atoms with Gasteiger partial charge in [0.05, 0.1) is 17.6 Å². The number of nitrogen functional groups attached to an aromatic ring is 1. The number of piperidine rings is 1. The third-order valence-corrected chi connectivity index (χ3v) is 10.3. The highest BCUT2D eigenvalue weighted by molar-refractivity contribution is 5.91. The second-order valence-corrected chi connectivity index (χ2v) is 13.1. The molecule has 234 valence electrons. The second-order valence-electron chi connectivity index (χ2n) is 13.1. The molecule has 9 rings (SSSR count). The van der Waals surface area contributed by atoms with Gasteiger partial charge >= 0.3 is 0 Å². The third-order valence-electron chi connectivity index (χ3n) is 10.3. The van der Waals surface area contributed by atoms with Crippen molar-refractivity contribution in [1.29, 1.82) is 0 Å². The second kappa shape index (κ2) is 10.9. The summed E-state index contributed by atoms with van der Waals surface area (Å²) in [5.74, 6) is 2.22. The minimum Gasteiger partial charge on any atom is -0.383 e. The number of nitrogens with one attached hydrogen (secondary N) is 2. The monoisotopic (exact) mass is 615 g/mol. The first kappa shape index (κ1) is 27.5. The zero-order chi connectivity index (χ0) is 30.8. The zero-order valence-corrected chi connectivity index (χ0v) is 25.6. The molecule has 1 aromatic carbocycles. The summed E-state index contributed by atoms with van der Waals surface area (Å²) in [6, 6.07) is 14.6. The molecule has 4 fully saturated rings. The smallest absolute Gasteiger partial charge is 0.291 e. The van der Waals surface area contributed by atoms with Crippen LogP contribution >= 0.6 is 0 Å². The lowest BCUT2D eigenvalue weighted by Crippen LogP contribution is -2.46. The SMILES string of the molecule is Nc1c(C2CC2)c(C2C[C@H]3CC[C@@H](C2)N3C(=O)c2nc(N3CCNCC3)n[nH]2)nc2c(-c3ccc(-c4ccccc4)nc3)cnn12. The van der Waals surface area contributed by atoms with Gasteiger partial charge < -0.3 is 20.9 Å². The van der Waals surface area contributed by atoms with Crippen molar-refractivity contribution in [1.82, 2.24) is 45.0 Å². The molecule has 46 heavy (non-hydrogen) atoms. The molecule has 1 amide bonds. The van der Waals surface area contributed by atoms with E-state index in [0.29, 0.717) is 23.5 Å². The Kier molecular flexibility index (Phi) is 6.51. The third kappa shape index (κ3) is 4.61. The molecule has 5 aromatic rings. The van der Waals surface area contributed by atoms with Gasteiger partial charge in [-0.25, -0.2) is 4.98 Å². The Morgan fingerprint density at radius 1 is 0.870 bits per heavy atom. The summed E-state index contributed by atoms with van der Waals surface area (Å²) >= 11 is 0. The highest BCUT2D eigenvalue weighted by Crippen LogP contribution is 2.50. The van der Waals surface area contributed by atoms with Crippen molar-refractivity contribution >= 4 is 23.3 Å². The summed E-state index contributed by atoms with van der Waals surface area (Å²) in [4.78, 5) is 32.7. The fourth-order valence-electron chi connectivity index (χ4n) is 7.89. The van der Waals surface area contributed by atoms with Crippen LogP contribution < -0.4 is 16.0 Å². The van der Waals surface area contributed by atoms with Gasteiger partial charge in [-0.15, -0.1) is 5.10 Å². The van der Waals surface area contributed by atoms with Crippen molar-refractivity contribution in [3.8, 4) is 22.4 Å². The van der Waals surface area contributed by atoms with Gasteiger partial charge in [0.25, 0.3) is 5.91 Å². The lowest BCUT2D eigenvalue weighted by Gasteiger charge is -2.39. The molecule has 2 bridgehead atoms. The molecular weight excluding hydrogens is 578 g/mol. The molecule has 12 nitrogen and oxygen atoms in total. The number of aromatic nitrogens is 7. The van der Waals surface area contributed by atoms with E-state index in [-0.39, 0.29) is 23.9 Å². The van der Waals surface area contributed by atoms with E-state index in [1.54, 1.807) is 0 Å². The van der Waals surface area contributed by atoms with Gasteiger partial charge in [-0.05, 0) is 50.5 Å². The van der Waals surface area contributed by atoms with Crippen LogP contribution in [-0.4, -0.2) is 83.8 Å². The Labute approximate surface area is 266 Å². The number of hydrogen-bond acceptors (Lipinski definition) is 9. The summed E-state index contributed by atoms with van der Waals surface area (Å²) in [6.07, 6.45) is 9.69. The molecule has 3 aliphatic heterocycles. The van der Waals surface area contributed by atoms with E-state index in [1.807, 2.05) is 41.2 Å². The Bertz CT molecular complexity index is 1890. The standard InChI is InChI=1S/C34H37N11O/c35-30-28(21-6-7-21)29(39-32-26(19-38-45(30)32)22-8-11-27(37-18-22)20-4-2-1-3-5-20)23-16-24-9-10-25(17-23)44(24)33(46)31-40-34(42-41-31)43-14-12-36-13-15-43/h1-5,8,11,18-19,21,23-25,36H,6-7,9-10,12-17,35H2,(H,40,41,42)/t23?,24-,25+. The first-order valence-electron chi connectivity index (χ1n) is 16.5. The highest BCUT2D eigenvalue weighted by atomic mass is 16.2. The highest BCUT2D eigenvalue weighted by Gasteiger charge is 2.46. The molecule has 0 radical (unpaired) electrons. The lowest BCUT2D eigenvalue weighted by atomic mass is 9.85. The molecule has 7 heterocycles. The predicted molar refractivity (Wildman–Crippen MR) is 174 cm³/mol. The van der Waals surface area contributed by atoms with Gasteiger partial charge in [0.2, 0.25) is 11.8 Å². The average Bonchev–Trinajstić information content (AvgIpc) is 3.53. The first-order valence-corrected chi connectivity index (χ1v) is 16.5. The number of nitrogens with zero attached hydrogens (tertiary/aromatic N) is 8. The maximum atomic E-state index is 13.8. The molecule has 3 saturated heterocycles. The van der Waals surface area contributed by atoms with Crippen LogP contribution in [0, 0.1) is 0 Å². The quantitative estimate of drug-likeness (QED) is 0.258. The predicted octanol–water partition coefficient (Wildman–Crippen LogP) is 4.00. The summed E-state index contributed by atoms with van der Waals surface area (Å²) in [5, 5.41) is 15.4. The normalized spacial score (nSPS) is 22.9. The summed E-state index contributed by atoms with van der Waals surface area (Å²) in [6.45, 7) is 3.45. The summed E-state index contributed by atoms with van der Waals surface area (Å²) < 4.78 is 1.81. The number of aromatic amines is 1. The molecule has 12 heteroatoms. The number of carbonyl (C=O) groups is 1. The zero-order valence-electron chi connectivity index (χ0n) is 25.6. The van der Waals surface area contributed by atoms with E-state index in [4.69, 9.17) is 20.8 Å². The van der Waals surface area contributed by atoms with Gasteiger partial charge in [0.1, 0.15) is 5.82 Å². The largest absolute Gasteiger partial charge is 0.383 e. The maximum Gasteiger partial charge on any atom is 0.291 e. The number of benzene rings is 1. The van der Waals surface area contributed by atoms with Crippen molar-refractivity contribution in [2.45, 2.75) is 62.4 Å². The first-order chi connectivity index (χ1) is 22.6. The van der Waals surface area contributed by atoms with Crippen molar-refractivity contribution in [3.63, 3.8) is 0 Å². The number of hydrogen-bond donors (Lipinski definition) is 3. The molecule has 1 aliphatic carbocycles. The average molecular weight is 616 g/mol. The van der Waals surface area contributed by atoms with Crippen LogP contribution in [-0.2, 0) is 0 Å². The van der Waals surface area contributed by atoms with Crippen molar-refractivity contribution < 1.29 is 4.79 Å². The van der Waals surface area contributed by atoms with Crippen LogP contribution in [0.5, 0.6) is 0 Å². The number of rotatable bonds is 6. The minimum absolute atomic E-state index is 0.0466. The van der Waals surface area contributed by atoms with Crippen LogP contribution in [0.15, 0.2) is 54.9 Å². The molecule has 4 aliphatic rings. The van der Waals surface area contributed by atoms with E-state index < -0.39 is 0 Å². The molecule has 4 N–H and O–H groups in total. The van der Waals surface area contributed by atoms with Crippen LogP contribution in [0.1, 0.15) is 72.2 Å².